The summed E-state index contributed by atoms with van der Waals surface area (Å²) in [7, 11) is 0. The van der Waals surface area contributed by atoms with Gasteiger partial charge in [-0.2, -0.15) is 0 Å². The van der Waals surface area contributed by atoms with E-state index in [-0.39, 0.29) is 15.6 Å². The third-order valence-electron chi connectivity index (χ3n) is 3.27. The van der Waals surface area contributed by atoms with Crippen molar-refractivity contribution in [1.82, 2.24) is 4.98 Å². The van der Waals surface area contributed by atoms with Gasteiger partial charge in [-0.3, -0.25) is 9.78 Å². The average molecular weight is 379 g/mol. The van der Waals surface area contributed by atoms with E-state index < -0.39 is 11.9 Å². The monoisotopic (exact) mass is 378 g/mol. The fourth-order valence-corrected chi connectivity index (χ4v) is 2.62. The Morgan fingerprint density at radius 3 is 2.32 bits per heavy atom. The second kappa shape index (κ2) is 8.65. The van der Waals surface area contributed by atoms with E-state index in [1.807, 2.05) is 0 Å². The second-order valence-corrected chi connectivity index (χ2v) is 5.94. The first kappa shape index (κ1) is 19.0. The van der Waals surface area contributed by atoms with Crippen LogP contribution in [0.25, 0.3) is 0 Å². The Labute approximate surface area is 155 Å². The van der Waals surface area contributed by atoms with Crippen molar-refractivity contribution in [2.24, 2.45) is 0 Å². The van der Waals surface area contributed by atoms with Crippen LogP contribution in [0.15, 0.2) is 48.8 Å². The molecule has 1 aromatic carbocycles. The van der Waals surface area contributed by atoms with Crippen molar-refractivity contribution >= 4 is 40.8 Å². The van der Waals surface area contributed by atoms with Crippen molar-refractivity contribution < 1.29 is 14.3 Å². The number of nitrogens with one attached hydrogen (secondary N) is 1. The number of esters is 1. The number of hydrogen-bond donors (Lipinski definition) is 1. The number of anilines is 1. The van der Waals surface area contributed by atoms with Crippen molar-refractivity contribution in [3.63, 3.8) is 0 Å². The topological polar surface area (TPSA) is 68.3 Å². The fourth-order valence-electron chi connectivity index (χ4n) is 2.08. The first-order chi connectivity index (χ1) is 11.9. The number of rotatable bonds is 6. The third kappa shape index (κ3) is 5.05. The van der Waals surface area contributed by atoms with Crippen LogP contribution >= 0.6 is 23.2 Å². The largest absolute Gasteiger partial charge is 0.463 e. The van der Waals surface area contributed by atoms with Crippen LogP contribution in [0.3, 0.4) is 0 Å². The van der Waals surface area contributed by atoms with E-state index in [4.69, 9.17) is 27.9 Å². The molecule has 0 radical (unpaired) electrons. The van der Waals surface area contributed by atoms with Crippen molar-refractivity contribution in [2.75, 3.05) is 11.9 Å². The van der Waals surface area contributed by atoms with E-state index in [0.29, 0.717) is 24.3 Å². The molecule has 0 aliphatic heterocycles. The summed E-state index contributed by atoms with van der Waals surface area (Å²) in [5.74, 6) is -0.845. The minimum Gasteiger partial charge on any atom is -0.463 e. The molecule has 0 saturated carbocycles. The maximum Gasteiger partial charge on any atom is 0.333 e. The predicted octanol–water partition coefficient (Wildman–Crippen LogP) is 4.30. The Bertz CT molecular complexity index is 784. The molecule has 0 fully saturated rings. The van der Waals surface area contributed by atoms with Crippen LogP contribution in [0, 0.1) is 0 Å². The van der Waals surface area contributed by atoms with Crippen molar-refractivity contribution in [3.8, 4) is 0 Å². The van der Waals surface area contributed by atoms with E-state index in [2.05, 4.69) is 16.9 Å². The van der Waals surface area contributed by atoms with Gasteiger partial charge in [0.1, 0.15) is 0 Å². The van der Waals surface area contributed by atoms with E-state index >= 15 is 0 Å². The van der Waals surface area contributed by atoms with Gasteiger partial charge in [0.05, 0.1) is 22.2 Å². The summed E-state index contributed by atoms with van der Waals surface area (Å²) in [6, 6.07) is 7.01. The fraction of sp³-hybridized carbons (Fsp3) is 0.167. The predicted molar refractivity (Wildman–Crippen MR) is 98.1 cm³/mol. The first-order valence-electron chi connectivity index (χ1n) is 7.46. The lowest BCUT2D eigenvalue weighted by atomic mass is 10.1. The summed E-state index contributed by atoms with van der Waals surface area (Å²) < 4.78 is 4.90. The van der Waals surface area contributed by atoms with Gasteiger partial charge in [0, 0.05) is 30.1 Å². The molecule has 0 atom stereocenters. The Hall–Kier alpha value is -2.37. The zero-order chi connectivity index (χ0) is 18.4. The molecule has 1 aromatic heterocycles. The van der Waals surface area contributed by atoms with Gasteiger partial charge in [0.25, 0.3) is 5.91 Å². The Kier molecular flexibility index (Phi) is 6.56. The Morgan fingerprint density at radius 1 is 1.16 bits per heavy atom. The number of carbonyl (C=O) groups excluding carboxylic acids is 2. The molecule has 0 saturated heterocycles. The average Bonchev–Trinajstić information content (AvgIpc) is 2.56. The lowest BCUT2D eigenvalue weighted by molar-refractivity contribution is -0.138. The second-order valence-electron chi connectivity index (χ2n) is 5.13. The van der Waals surface area contributed by atoms with Crippen LogP contribution < -0.4 is 5.32 Å². The minimum atomic E-state index is -0.430. The van der Waals surface area contributed by atoms with Crippen LogP contribution in [-0.4, -0.2) is 23.5 Å². The quantitative estimate of drug-likeness (QED) is 0.600. The molecule has 7 heteroatoms. The number of nitrogens with zero attached hydrogens (tertiary/aromatic N) is 1. The molecule has 25 heavy (non-hydrogen) atoms. The van der Waals surface area contributed by atoms with Gasteiger partial charge in [-0.25, -0.2) is 4.79 Å². The minimum absolute atomic E-state index is 0.165. The van der Waals surface area contributed by atoms with E-state index in [9.17, 15) is 9.59 Å². The molecule has 5 nitrogen and oxygen atoms in total. The summed E-state index contributed by atoms with van der Waals surface area (Å²) in [5, 5.41) is 3.06. The van der Waals surface area contributed by atoms with E-state index in [0.717, 1.165) is 5.56 Å². The van der Waals surface area contributed by atoms with Crippen molar-refractivity contribution in [1.29, 1.82) is 0 Å². The summed E-state index contributed by atoms with van der Waals surface area (Å²) in [6.07, 6.45) is 3.08. The highest BCUT2D eigenvalue weighted by molar-refractivity contribution is 6.40. The zero-order valence-corrected chi connectivity index (χ0v) is 15.0. The maximum atomic E-state index is 12.3. The van der Waals surface area contributed by atoms with Crippen molar-refractivity contribution in [3.05, 3.63) is 70.0 Å². The highest BCUT2D eigenvalue weighted by Gasteiger charge is 2.15. The van der Waals surface area contributed by atoms with Crippen LogP contribution in [0.1, 0.15) is 22.8 Å². The van der Waals surface area contributed by atoms with Crippen LogP contribution in [0.4, 0.5) is 5.69 Å². The number of aromatic nitrogens is 1. The number of benzene rings is 1. The molecule has 0 unspecified atom stereocenters. The SMILES string of the molecule is C=C(Cc1ccc(NC(=O)c2c(Cl)cncc2Cl)cc1)C(=O)OCC. The van der Waals surface area contributed by atoms with Crippen molar-refractivity contribution in [2.45, 2.75) is 13.3 Å². The standard InChI is InChI=1S/C18H16Cl2N2O3/c1-3-25-18(24)11(2)8-12-4-6-13(7-5-12)22-17(23)16-14(19)9-21-10-15(16)20/h4-7,9-10H,2-3,8H2,1H3,(H,22,23). The zero-order valence-electron chi connectivity index (χ0n) is 13.5. The molecule has 1 heterocycles. The highest BCUT2D eigenvalue weighted by Crippen LogP contribution is 2.24. The molecule has 1 N–H and O–H groups in total. The number of halogens is 2. The van der Waals surface area contributed by atoms with Gasteiger partial charge in [0.15, 0.2) is 0 Å². The first-order valence-corrected chi connectivity index (χ1v) is 8.22. The molecule has 0 aliphatic carbocycles. The lowest BCUT2D eigenvalue weighted by Crippen LogP contribution is -2.13. The Balaban J connectivity index is 2.04. The van der Waals surface area contributed by atoms with Crippen LogP contribution in [-0.2, 0) is 16.0 Å². The Morgan fingerprint density at radius 2 is 1.76 bits per heavy atom. The smallest absolute Gasteiger partial charge is 0.333 e. The van der Waals surface area contributed by atoms with Gasteiger partial charge in [-0.15, -0.1) is 0 Å². The highest BCUT2D eigenvalue weighted by atomic mass is 35.5. The molecular weight excluding hydrogens is 363 g/mol. The van der Waals surface area contributed by atoms with Crippen LogP contribution in [0.5, 0.6) is 0 Å². The molecule has 130 valence electrons. The van der Waals surface area contributed by atoms with Gasteiger partial charge >= 0.3 is 5.97 Å². The third-order valence-corrected chi connectivity index (χ3v) is 3.85. The number of pyridine rings is 1. The molecule has 2 rings (SSSR count). The number of carbonyl (C=O) groups is 2. The summed E-state index contributed by atoms with van der Waals surface area (Å²) in [5.41, 5.74) is 1.97. The molecule has 0 spiro atoms. The summed E-state index contributed by atoms with van der Waals surface area (Å²) in [6.45, 7) is 5.77. The molecular formula is C18H16Cl2N2O3. The molecule has 2 aromatic rings. The molecule has 1 amide bonds. The number of hydrogen-bond acceptors (Lipinski definition) is 4. The molecule has 0 aliphatic rings. The normalized spacial score (nSPS) is 10.2. The van der Waals surface area contributed by atoms with Gasteiger partial charge in [-0.1, -0.05) is 41.9 Å². The van der Waals surface area contributed by atoms with Crippen LogP contribution in [0.2, 0.25) is 10.0 Å². The van der Waals surface area contributed by atoms with Gasteiger partial charge in [0.2, 0.25) is 0 Å². The number of amides is 1. The summed E-state index contributed by atoms with van der Waals surface area (Å²) in [4.78, 5) is 27.7. The van der Waals surface area contributed by atoms with Gasteiger partial charge < -0.3 is 10.1 Å². The lowest BCUT2D eigenvalue weighted by Gasteiger charge is -2.09. The van der Waals surface area contributed by atoms with E-state index in [1.54, 1.807) is 31.2 Å². The summed E-state index contributed by atoms with van der Waals surface area (Å²) >= 11 is 11.9. The number of ether oxygens (including phenoxy) is 1. The van der Waals surface area contributed by atoms with Gasteiger partial charge in [-0.05, 0) is 24.6 Å². The molecule has 0 bridgehead atoms. The maximum absolute atomic E-state index is 12.3. The van der Waals surface area contributed by atoms with E-state index in [1.165, 1.54) is 12.4 Å².